The highest BCUT2D eigenvalue weighted by molar-refractivity contribution is 5.79. The number of nitrogens with one attached hydrogen (secondary N) is 2. The van der Waals surface area contributed by atoms with E-state index >= 15 is 0 Å². The monoisotopic (exact) mass is 391 g/mol. The summed E-state index contributed by atoms with van der Waals surface area (Å²) in [6.07, 6.45) is 3.75. The zero-order valence-electron chi connectivity index (χ0n) is 17.7. The largest absolute Gasteiger partial charge is 0.396 e. The van der Waals surface area contributed by atoms with E-state index in [0.29, 0.717) is 18.4 Å². The standard InChI is InChI=1S/C21H37N5O2/c1-4-22-21(24-15-18(7-11-27)14-17(2)3)25-16-19-6-5-8-23-20(19)26-9-12-28-13-10-26/h5-6,8,17-18,27H,4,7,9-16H2,1-3H3,(H2,22,24,25). The summed E-state index contributed by atoms with van der Waals surface area (Å²) in [5.41, 5.74) is 1.12. The Balaban J connectivity index is 2.01. The maximum absolute atomic E-state index is 9.33. The second-order valence-corrected chi connectivity index (χ2v) is 7.67. The number of aliphatic imine (C=N–C) groups is 1. The zero-order chi connectivity index (χ0) is 20.2. The molecule has 1 aromatic rings. The van der Waals surface area contributed by atoms with Crippen LogP contribution < -0.4 is 15.5 Å². The van der Waals surface area contributed by atoms with Crippen molar-refractivity contribution in [1.82, 2.24) is 15.6 Å². The molecule has 7 heteroatoms. The summed E-state index contributed by atoms with van der Waals surface area (Å²) >= 11 is 0. The molecular weight excluding hydrogens is 354 g/mol. The molecule has 28 heavy (non-hydrogen) atoms. The van der Waals surface area contributed by atoms with Crippen LogP contribution in [0.3, 0.4) is 0 Å². The van der Waals surface area contributed by atoms with E-state index in [1.54, 1.807) is 0 Å². The summed E-state index contributed by atoms with van der Waals surface area (Å²) in [6.45, 7) is 12.2. The highest BCUT2D eigenvalue weighted by atomic mass is 16.5. The van der Waals surface area contributed by atoms with Crippen LogP contribution in [0.1, 0.15) is 39.2 Å². The van der Waals surface area contributed by atoms with Gasteiger partial charge >= 0.3 is 0 Å². The van der Waals surface area contributed by atoms with Gasteiger partial charge in [0.15, 0.2) is 5.96 Å². The molecule has 3 N–H and O–H groups in total. The first-order chi connectivity index (χ1) is 13.6. The number of nitrogens with zero attached hydrogens (tertiary/aromatic N) is 3. The van der Waals surface area contributed by atoms with Gasteiger partial charge in [0.1, 0.15) is 5.82 Å². The van der Waals surface area contributed by atoms with E-state index in [1.165, 1.54) is 0 Å². The molecule has 0 radical (unpaired) electrons. The molecule has 1 unspecified atom stereocenters. The van der Waals surface area contributed by atoms with Crippen molar-refractivity contribution in [3.63, 3.8) is 0 Å². The van der Waals surface area contributed by atoms with Crippen molar-refractivity contribution in [3.8, 4) is 0 Å². The van der Waals surface area contributed by atoms with Crippen molar-refractivity contribution in [2.45, 2.75) is 40.2 Å². The molecule has 0 bridgehead atoms. The number of aliphatic hydroxyl groups excluding tert-OH is 1. The SMILES string of the molecule is CCNC(=NCc1cccnc1N1CCOCC1)NCC(CCO)CC(C)C. The van der Waals surface area contributed by atoms with Crippen molar-refractivity contribution in [1.29, 1.82) is 0 Å². The second kappa shape index (κ2) is 12.6. The van der Waals surface area contributed by atoms with E-state index < -0.39 is 0 Å². The van der Waals surface area contributed by atoms with Gasteiger partial charge in [-0.15, -0.1) is 0 Å². The van der Waals surface area contributed by atoms with E-state index in [1.807, 2.05) is 12.3 Å². The molecule has 2 rings (SSSR count). The normalized spacial score (nSPS) is 16.3. The number of rotatable bonds is 10. The average Bonchev–Trinajstić information content (AvgIpc) is 2.70. The molecule has 2 heterocycles. The first-order valence-electron chi connectivity index (χ1n) is 10.5. The molecule has 0 aliphatic carbocycles. The third-order valence-corrected chi connectivity index (χ3v) is 4.83. The summed E-state index contributed by atoms with van der Waals surface area (Å²) in [7, 11) is 0. The molecule has 0 saturated carbocycles. The predicted molar refractivity (Wildman–Crippen MR) is 115 cm³/mol. The molecule has 1 saturated heterocycles. The summed E-state index contributed by atoms with van der Waals surface area (Å²) in [5, 5.41) is 16.1. The topological polar surface area (TPSA) is 82.0 Å². The van der Waals surface area contributed by atoms with Crippen molar-refractivity contribution >= 4 is 11.8 Å². The van der Waals surface area contributed by atoms with Gasteiger partial charge in [-0.1, -0.05) is 19.9 Å². The fraction of sp³-hybridized carbons (Fsp3) is 0.714. The molecule has 0 amide bonds. The van der Waals surface area contributed by atoms with Gasteiger partial charge in [-0.25, -0.2) is 9.98 Å². The van der Waals surface area contributed by atoms with Gasteiger partial charge < -0.3 is 25.4 Å². The number of aromatic nitrogens is 1. The Morgan fingerprint density at radius 1 is 1.32 bits per heavy atom. The Bertz CT molecular complexity index is 588. The lowest BCUT2D eigenvalue weighted by molar-refractivity contribution is 0.122. The number of guanidine groups is 1. The number of ether oxygens (including phenoxy) is 1. The Kier molecular flexibility index (Phi) is 10.1. The van der Waals surface area contributed by atoms with Gasteiger partial charge in [0, 0.05) is 44.5 Å². The average molecular weight is 392 g/mol. The first kappa shape index (κ1) is 22.4. The fourth-order valence-electron chi connectivity index (χ4n) is 3.51. The van der Waals surface area contributed by atoms with E-state index in [-0.39, 0.29) is 6.61 Å². The summed E-state index contributed by atoms with van der Waals surface area (Å²) in [6, 6.07) is 4.06. The van der Waals surface area contributed by atoms with E-state index in [4.69, 9.17) is 9.73 Å². The summed E-state index contributed by atoms with van der Waals surface area (Å²) < 4.78 is 5.46. The van der Waals surface area contributed by atoms with Crippen LogP contribution >= 0.6 is 0 Å². The van der Waals surface area contributed by atoms with Crippen LogP contribution in [-0.4, -0.2) is 62.0 Å². The minimum atomic E-state index is 0.228. The van der Waals surface area contributed by atoms with Crippen LogP contribution in [-0.2, 0) is 11.3 Å². The van der Waals surface area contributed by atoms with Gasteiger partial charge in [-0.05, 0) is 37.7 Å². The van der Waals surface area contributed by atoms with Crippen molar-refractivity contribution in [3.05, 3.63) is 23.9 Å². The van der Waals surface area contributed by atoms with E-state index in [2.05, 4.69) is 47.4 Å². The molecule has 7 nitrogen and oxygen atoms in total. The lowest BCUT2D eigenvalue weighted by Crippen LogP contribution is -2.40. The van der Waals surface area contributed by atoms with Crippen molar-refractivity contribution in [2.24, 2.45) is 16.8 Å². The van der Waals surface area contributed by atoms with E-state index in [0.717, 1.165) is 69.6 Å². The highest BCUT2D eigenvalue weighted by Crippen LogP contribution is 2.19. The third-order valence-electron chi connectivity index (χ3n) is 4.83. The minimum Gasteiger partial charge on any atom is -0.396 e. The number of hydrogen-bond donors (Lipinski definition) is 3. The van der Waals surface area contributed by atoms with Crippen molar-refractivity contribution < 1.29 is 9.84 Å². The van der Waals surface area contributed by atoms with Gasteiger partial charge in [0.25, 0.3) is 0 Å². The number of morpholine rings is 1. The van der Waals surface area contributed by atoms with Gasteiger partial charge in [-0.2, -0.15) is 0 Å². The molecule has 158 valence electrons. The lowest BCUT2D eigenvalue weighted by atomic mass is 9.94. The Hall–Kier alpha value is -1.86. The molecule has 1 atom stereocenters. The number of hydrogen-bond acceptors (Lipinski definition) is 5. The van der Waals surface area contributed by atoms with Gasteiger partial charge in [0.05, 0.1) is 19.8 Å². The zero-order valence-corrected chi connectivity index (χ0v) is 17.7. The van der Waals surface area contributed by atoms with Crippen LogP contribution in [0.4, 0.5) is 5.82 Å². The third kappa shape index (κ3) is 7.64. The minimum absolute atomic E-state index is 0.228. The second-order valence-electron chi connectivity index (χ2n) is 7.67. The fourth-order valence-corrected chi connectivity index (χ4v) is 3.51. The molecule has 0 spiro atoms. The predicted octanol–water partition coefficient (Wildman–Crippen LogP) is 2.02. The Morgan fingerprint density at radius 2 is 2.11 bits per heavy atom. The highest BCUT2D eigenvalue weighted by Gasteiger charge is 2.16. The molecule has 0 aromatic carbocycles. The van der Waals surface area contributed by atoms with Crippen LogP contribution in [0, 0.1) is 11.8 Å². The van der Waals surface area contributed by atoms with E-state index in [9.17, 15) is 5.11 Å². The first-order valence-corrected chi connectivity index (χ1v) is 10.5. The number of anilines is 1. The summed E-state index contributed by atoms with van der Waals surface area (Å²) in [4.78, 5) is 11.6. The van der Waals surface area contributed by atoms with Crippen LogP contribution in [0.2, 0.25) is 0 Å². The Morgan fingerprint density at radius 3 is 2.79 bits per heavy atom. The molecular formula is C21H37N5O2. The Labute approximate surface area is 169 Å². The molecule has 1 aliphatic rings. The summed E-state index contributed by atoms with van der Waals surface area (Å²) in [5.74, 6) is 2.87. The molecule has 1 aliphatic heterocycles. The number of aliphatic hydroxyl groups is 1. The lowest BCUT2D eigenvalue weighted by Gasteiger charge is -2.29. The van der Waals surface area contributed by atoms with Crippen LogP contribution in [0.15, 0.2) is 23.3 Å². The van der Waals surface area contributed by atoms with Gasteiger partial charge in [0.2, 0.25) is 0 Å². The van der Waals surface area contributed by atoms with Gasteiger partial charge in [-0.3, -0.25) is 0 Å². The quantitative estimate of drug-likeness (QED) is 0.418. The molecule has 1 aromatic heterocycles. The van der Waals surface area contributed by atoms with Crippen LogP contribution in [0.5, 0.6) is 0 Å². The van der Waals surface area contributed by atoms with Crippen LogP contribution in [0.25, 0.3) is 0 Å². The number of pyridine rings is 1. The molecule has 1 fully saturated rings. The van der Waals surface area contributed by atoms with Crippen molar-refractivity contribution in [2.75, 3.05) is 50.9 Å². The smallest absolute Gasteiger partial charge is 0.191 e. The maximum Gasteiger partial charge on any atom is 0.191 e. The maximum atomic E-state index is 9.33.